The predicted molar refractivity (Wildman–Crippen MR) is 66.6 cm³/mol. The third-order valence-electron chi connectivity index (χ3n) is 2.67. The highest BCUT2D eigenvalue weighted by molar-refractivity contribution is 5.64. The fourth-order valence-corrected chi connectivity index (χ4v) is 1.71. The molecule has 0 N–H and O–H groups in total. The van der Waals surface area contributed by atoms with Crippen molar-refractivity contribution in [1.82, 2.24) is 9.97 Å². The Bertz CT molecular complexity index is 645. The molecule has 0 bridgehead atoms. The monoisotopic (exact) mass is 277 g/mol. The standard InChI is InChI=1S/C14H10F3N3/c15-14(16,17)7-5-11-6-8-19-13(20-11)12-4-2-1-3-10(12)9-18/h1-4,6,8H,5,7H2. The Labute approximate surface area is 113 Å². The van der Waals surface area contributed by atoms with E-state index in [0.29, 0.717) is 16.8 Å². The maximum atomic E-state index is 12.2. The van der Waals surface area contributed by atoms with Gasteiger partial charge in [-0.1, -0.05) is 12.1 Å². The topological polar surface area (TPSA) is 49.6 Å². The molecular weight excluding hydrogens is 267 g/mol. The van der Waals surface area contributed by atoms with Crippen LogP contribution in [0.4, 0.5) is 13.2 Å². The zero-order valence-corrected chi connectivity index (χ0v) is 10.4. The number of alkyl halides is 3. The van der Waals surface area contributed by atoms with Crippen LogP contribution < -0.4 is 0 Å². The van der Waals surface area contributed by atoms with Crippen LogP contribution in [0, 0.1) is 11.3 Å². The Kier molecular flexibility index (Phi) is 3.99. The van der Waals surface area contributed by atoms with Crippen LogP contribution in [-0.2, 0) is 6.42 Å². The second kappa shape index (κ2) is 5.70. The van der Waals surface area contributed by atoms with E-state index in [9.17, 15) is 13.2 Å². The van der Waals surface area contributed by atoms with E-state index in [4.69, 9.17) is 5.26 Å². The van der Waals surface area contributed by atoms with Crippen molar-refractivity contribution in [2.75, 3.05) is 0 Å². The van der Waals surface area contributed by atoms with Crippen LogP contribution in [0.1, 0.15) is 17.7 Å². The second-order valence-electron chi connectivity index (χ2n) is 4.14. The Morgan fingerprint density at radius 1 is 1.15 bits per heavy atom. The molecule has 2 rings (SSSR count). The van der Waals surface area contributed by atoms with Gasteiger partial charge in [-0.05, 0) is 24.6 Å². The Morgan fingerprint density at radius 2 is 1.90 bits per heavy atom. The summed E-state index contributed by atoms with van der Waals surface area (Å²) in [7, 11) is 0. The Balaban J connectivity index is 2.28. The van der Waals surface area contributed by atoms with Crippen LogP contribution in [0.3, 0.4) is 0 Å². The number of nitrogens with zero attached hydrogens (tertiary/aromatic N) is 3. The van der Waals surface area contributed by atoms with Gasteiger partial charge in [0.05, 0.1) is 11.6 Å². The summed E-state index contributed by atoms with van der Waals surface area (Å²) in [6.07, 6.45) is -3.94. The average molecular weight is 277 g/mol. The number of hydrogen-bond donors (Lipinski definition) is 0. The van der Waals surface area contributed by atoms with Gasteiger partial charge in [-0.2, -0.15) is 18.4 Å². The molecule has 0 fully saturated rings. The lowest BCUT2D eigenvalue weighted by molar-refractivity contribution is -0.134. The van der Waals surface area contributed by atoms with Crippen molar-refractivity contribution < 1.29 is 13.2 Å². The van der Waals surface area contributed by atoms with Crippen LogP contribution in [0.5, 0.6) is 0 Å². The van der Waals surface area contributed by atoms with Crippen LogP contribution in [0.15, 0.2) is 36.5 Å². The third-order valence-corrected chi connectivity index (χ3v) is 2.67. The molecular formula is C14H10F3N3. The van der Waals surface area contributed by atoms with Crippen LogP contribution in [0.25, 0.3) is 11.4 Å². The lowest BCUT2D eigenvalue weighted by Gasteiger charge is -2.07. The van der Waals surface area contributed by atoms with E-state index in [2.05, 4.69) is 9.97 Å². The van der Waals surface area contributed by atoms with E-state index < -0.39 is 12.6 Å². The summed E-state index contributed by atoms with van der Waals surface area (Å²) < 4.78 is 36.6. The molecule has 0 radical (unpaired) electrons. The van der Waals surface area contributed by atoms with Crippen molar-refractivity contribution in [2.24, 2.45) is 0 Å². The maximum Gasteiger partial charge on any atom is 0.389 e. The van der Waals surface area contributed by atoms with Crippen molar-refractivity contribution in [1.29, 1.82) is 5.26 Å². The second-order valence-corrected chi connectivity index (χ2v) is 4.14. The van der Waals surface area contributed by atoms with E-state index in [1.165, 1.54) is 12.3 Å². The van der Waals surface area contributed by atoms with Crippen molar-refractivity contribution in [3.8, 4) is 17.5 Å². The van der Waals surface area contributed by atoms with E-state index >= 15 is 0 Å². The normalized spacial score (nSPS) is 11.1. The number of hydrogen-bond acceptors (Lipinski definition) is 3. The zero-order chi connectivity index (χ0) is 14.6. The van der Waals surface area contributed by atoms with Gasteiger partial charge in [0.1, 0.15) is 0 Å². The van der Waals surface area contributed by atoms with E-state index in [0.717, 1.165) is 0 Å². The fourth-order valence-electron chi connectivity index (χ4n) is 1.71. The molecule has 0 saturated carbocycles. The highest BCUT2D eigenvalue weighted by Gasteiger charge is 2.26. The van der Waals surface area contributed by atoms with E-state index in [1.807, 2.05) is 6.07 Å². The van der Waals surface area contributed by atoms with Gasteiger partial charge in [-0.25, -0.2) is 9.97 Å². The molecule has 3 nitrogen and oxygen atoms in total. The minimum atomic E-state index is -4.21. The summed E-state index contributed by atoms with van der Waals surface area (Å²) in [5, 5.41) is 9.00. The Morgan fingerprint density at radius 3 is 2.60 bits per heavy atom. The number of benzene rings is 1. The third kappa shape index (κ3) is 3.54. The van der Waals surface area contributed by atoms with Gasteiger partial charge in [-0.15, -0.1) is 0 Å². The number of aromatic nitrogens is 2. The smallest absolute Gasteiger partial charge is 0.237 e. The van der Waals surface area contributed by atoms with Crippen molar-refractivity contribution >= 4 is 0 Å². The molecule has 2 aromatic rings. The lowest BCUT2D eigenvalue weighted by atomic mass is 10.1. The molecule has 0 amide bonds. The largest absolute Gasteiger partial charge is 0.389 e. The summed E-state index contributed by atoms with van der Waals surface area (Å²) in [6, 6.07) is 10.2. The molecule has 0 saturated heterocycles. The first-order chi connectivity index (χ1) is 9.49. The SMILES string of the molecule is N#Cc1ccccc1-c1nccc(CCC(F)(F)F)n1. The summed E-state index contributed by atoms with van der Waals surface area (Å²) in [4.78, 5) is 8.11. The number of aryl methyl sites for hydroxylation is 1. The summed E-state index contributed by atoms with van der Waals surface area (Å²) >= 11 is 0. The van der Waals surface area contributed by atoms with Crippen molar-refractivity contribution in [3.05, 3.63) is 47.8 Å². The fraction of sp³-hybridized carbons (Fsp3) is 0.214. The summed E-state index contributed by atoms with van der Waals surface area (Å²) in [5.74, 6) is 0.266. The van der Waals surface area contributed by atoms with Gasteiger partial charge >= 0.3 is 6.18 Å². The predicted octanol–water partition coefficient (Wildman–Crippen LogP) is 3.51. The lowest BCUT2D eigenvalue weighted by Crippen LogP contribution is -2.09. The molecule has 0 atom stereocenters. The molecule has 20 heavy (non-hydrogen) atoms. The maximum absolute atomic E-state index is 12.2. The molecule has 0 spiro atoms. The summed E-state index contributed by atoms with van der Waals surface area (Å²) in [6.45, 7) is 0. The van der Waals surface area contributed by atoms with Crippen LogP contribution >= 0.6 is 0 Å². The van der Waals surface area contributed by atoms with Gasteiger partial charge in [0.2, 0.25) is 0 Å². The molecule has 1 aromatic carbocycles. The molecule has 0 aliphatic rings. The quantitative estimate of drug-likeness (QED) is 0.862. The minimum Gasteiger partial charge on any atom is -0.237 e. The van der Waals surface area contributed by atoms with Gasteiger partial charge < -0.3 is 0 Å². The molecule has 0 unspecified atom stereocenters. The first kappa shape index (κ1) is 14.0. The van der Waals surface area contributed by atoms with Crippen LogP contribution in [-0.4, -0.2) is 16.1 Å². The molecule has 102 valence electrons. The van der Waals surface area contributed by atoms with Crippen molar-refractivity contribution in [2.45, 2.75) is 19.0 Å². The van der Waals surface area contributed by atoms with Crippen molar-refractivity contribution in [3.63, 3.8) is 0 Å². The number of nitriles is 1. The zero-order valence-electron chi connectivity index (χ0n) is 10.4. The summed E-state index contributed by atoms with van der Waals surface area (Å²) in [5.41, 5.74) is 1.21. The first-order valence-corrected chi connectivity index (χ1v) is 5.88. The number of halogens is 3. The Hall–Kier alpha value is -2.42. The van der Waals surface area contributed by atoms with Gasteiger partial charge in [0, 0.05) is 23.9 Å². The molecule has 1 heterocycles. The first-order valence-electron chi connectivity index (χ1n) is 5.88. The molecule has 0 aliphatic heterocycles. The average Bonchev–Trinajstić information content (AvgIpc) is 2.45. The molecule has 1 aromatic heterocycles. The highest BCUT2D eigenvalue weighted by Crippen LogP contribution is 2.23. The van der Waals surface area contributed by atoms with Gasteiger partial charge in [0.15, 0.2) is 5.82 Å². The van der Waals surface area contributed by atoms with E-state index in [1.54, 1.807) is 24.3 Å². The minimum absolute atomic E-state index is 0.201. The molecule has 6 heteroatoms. The molecule has 0 aliphatic carbocycles. The van der Waals surface area contributed by atoms with E-state index in [-0.39, 0.29) is 12.2 Å². The van der Waals surface area contributed by atoms with Crippen LogP contribution in [0.2, 0.25) is 0 Å². The number of rotatable bonds is 3. The van der Waals surface area contributed by atoms with Gasteiger partial charge in [-0.3, -0.25) is 0 Å². The highest BCUT2D eigenvalue weighted by atomic mass is 19.4. The van der Waals surface area contributed by atoms with Gasteiger partial charge in [0.25, 0.3) is 0 Å².